The zero-order chi connectivity index (χ0) is 24.5. The Labute approximate surface area is 188 Å². The minimum absolute atomic E-state index is 0.0247. The van der Waals surface area contributed by atoms with Crippen molar-refractivity contribution in [3.05, 3.63) is 50.2 Å². The van der Waals surface area contributed by atoms with Crippen LogP contribution in [0.15, 0.2) is 27.8 Å². The molecule has 0 amide bonds. The van der Waals surface area contributed by atoms with Crippen molar-refractivity contribution in [3.63, 3.8) is 0 Å². The number of benzene rings is 1. The van der Waals surface area contributed by atoms with E-state index in [4.69, 9.17) is 5.73 Å². The van der Waals surface area contributed by atoms with Crippen LogP contribution in [0.4, 0.5) is 30.4 Å². The van der Waals surface area contributed by atoms with Crippen LogP contribution >= 0.6 is 0 Å². The smallest absolute Gasteiger partial charge is 0.384 e. The quantitative estimate of drug-likeness (QED) is 0.607. The molecule has 0 unspecified atom stereocenters. The van der Waals surface area contributed by atoms with Gasteiger partial charge in [-0.1, -0.05) is 13.8 Å². The number of alkyl halides is 3. The van der Waals surface area contributed by atoms with E-state index in [2.05, 4.69) is 5.32 Å². The van der Waals surface area contributed by atoms with Crippen molar-refractivity contribution in [1.82, 2.24) is 9.13 Å². The molecule has 0 spiro atoms. The fourth-order valence-corrected chi connectivity index (χ4v) is 3.94. The average Bonchev–Trinajstić information content (AvgIpc) is 3.27. The molecule has 33 heavy (non-hydrogen) atoms. The van der Waals surface area contributed by atoms with Gasteiger partial charge in [0.25, 0.3) is 5.56 Å². The van der Waals surface area contributed by atoms with Crippen LogP contribution in [0.25, 0.3) is 0 Å². The molecule has 180 valence electrons. The first-order valence-electron chi connectivity index (χ1n) is 10.7. The number of aromatic nitrogens is 2. The van der Waals surface area contributed by atoms with E-state index in [1.807, 2.05) is 18.7 Å². The second-order valence-corrected chi connectivity index (χ2v) is 8.61. The molecular weight excluding hydrogens is 439 g/mol. The Bertz CT molecular complexity index is 1160. The second kappa shape index (κ2) is 9.32. The second-order valence-electron chi connectivity index (χ2n) is 8.61. The minimum Gasteiger partial charge on any atom is -0.384 e. The van der Waals surface area contributed by atoms with Gasteiger partial charge in [-0.25, -0.2) is 4.79 Å². The molecule has 8 nitrogen and oxygen atoms in total. The van der Waals surface area contributed by atoms with Crippen molar-refractivity contribution in [2.45, 2.75) is 39.4 Å². The monoisotopic (exact) mass is 467 g/mol. The summed E-state index contributed by atoms with van der Waals surface area (Å²) in [5, 5.41) is 2.77. The van der Waals surface area contributed by atoms with Gasteiger partial charge >= 0.3 is 11.9 Å². The highest BCUT2D eigenvalue weighted by atomic mass is 19.4. The average molecular weight is 467 g/mol. The van der Waals surface area contributed by atoms with Crippen LogP contribution in [0.1, 0.15) is 42.6 Å². The predicted molar refractivity (Wildman–Crippen MR) is 121 cm³/mol. The molecule has 1 fully saturated rings. The number of nitrogens with two attached hydrogens (primary N) is 1. The molecule has 0 bridgehead atoms. The third-order valence-electron chi connectivity index (χ3n) is 5.62. The van der Waals surface area contributed by atoms with E-state index in [-0.39, 0.29) is 29.5 Å². The molecule has 1 aromatic carbocycles. The molecule has 2 heterocycles. The Balaban J connectivity index is 1.96. The molecule has 0 aliphatic carbocycles. The van der Waals surface area contributed by atoms with E-state index in [9.17, 15) is 27.6 Å². The van der Waals surface area contributed by atoms with Gasteiger partial charge in [-0.3, -0.25) is 18.7 Å². The number of rotatable bonds is 7. The zero-order valence-corrected chi connectivity index (χ0v) is 18.8. The highest BCUT2D eigenvalue weighted by molar-refractivity contribution is 6.02. The Morgan fingerprint density at radius 2 is 1.82 bits per heavy atom. The number of ketones is 1. The summed E-state index contributed by atoms with van der Waals surface area (Å²) in [5.41, 5.74) is 4.04. The SMILES string of the molecule is CC(C)Cn1c(N)c(C(=O)CNc2cc(C(F)(F)F)ccc2N2CCCC2)c(=O)n(C)c1=O. The normalized spacial score (nSPS) is 14.2. The molecule has 1 saturated heterocycles. The Morgan fingerprint density at radius 1 is 1.18 bits per heavy atom. The summed E-state index contributed by atoms with van der Waals surface area (Å²) >= 11 is 0. The number of anilines is 3. The molecule has 11 heteroatoms. The highest BCUT2D eigenvalue weighted by Crippen LogP contribution is 2.36. The molecule has 1 aliphatic rings. The highest BCUT2D eigenvalue weighted by Gasteiger charge is 2.32. The molecule has 0 atom stereocenters. The molecule has 3 N–H and O–H groups in total. The fourth-order valence-electron chi connectivity index (χ4n) is 3.94. The summed E-state index contributed by atoms with van der Waals surface area (Å²) in [7, 11) is 1.25. The summed E-state index contributed by atoms with van der Waals surface area (Å²) in [6.45, 7) is 4.85. The summed E-state index contributed by atoms with van der Waals surface area (Å²) < 4.78 is 41.8. The van der Waals surface area contributed by atoms with E-state index < -0.39 is 35.3 Å². The fraction of sp³-hybridized carbons (Fsp3) is 0.500. The van der Waals surface area contributed by atoms with E-state index in [1.165, 1.54) is 17.7 Å². The first-order valence-corrected chi connectivity index (χ1v) is 10.7. The van der Waals surface area contributed by atoms with Crippen LogP contribution in [0.3, 0.4) is 0 Å². The van der Waals surface area contributed by atoms with Gasteiger partial charge < -0.3 is 16.0 Å². The lowest BCUT2D eigenvalue weighted by Crippen LogP contribution is -2.43. The first-order chi connectivity index (χ1) is 15.4. The van der Waals surface area contributed by atoms with Gasteiger partial charge in [-0.15, -0.1) is 0 Å². The summed E-state index contributed by atoms with van der Waals surface area (Å²) in [6.07, 6.45) is -2.70. The third kappa shape index (κ3) is 5.07. The number of carbonyl (C=O) groups excluding carboxylic acids is 1. The van der Waals surface area contributed by atoms with Gasteiger partial charge in [0.15, 0.2) is 5.78 Å². The van der Waals surface area contributed by atoms with E-state index in [0.717, 1.165) is 29.5 Å². The zero-order valence-electron chi connectivity index (χ0n) is 18.8. The van der Waals surface area contributed by atoms with Gasteiger partial charge in [-0.05, 0) is 37.0 Å². The van der Waals surface area contributed by atoms with Crippen LogP contribution < -0.4 is 27.2 Å². The van der Waals surface area contributed by atoms with Crippen LogP contribution in [-0.4, -0.2) is 34.6 Å². The van der Waals surface area contributed by atoms with E-state index >= 15 is 0 Å². The van der Waals surface area contributed by atoms with Crippen molar-refractivity contribution in [2.75, 3.05) is 35.6 Å². The Hall–Kier alpha value is -3.24. The number of nitrogen functional groups attached to an aromatic ring is 1. The number of nitrogens with zero attached hydrogens (tertiary/aromatic N) is 3. The van der Waals surface area contributed by atoms with Crippen molar-refractivity contribution in [1.29, 1.82) is 0 Å². The van der Waals surface area contributed by atoms with Crippen molar-refractivity contribution in [2.24, 2.45) is 13.0 Å². The number of Topliss-reactive ketones (excluding diaryl/α,β-unsaturated/α-hetero) is 1. The lowest BCUT2D eigenvalue weighted by Gasteiger charge is -2.23. The summed E-state index contributed by atoms with van der Waals surface area (Å²) in [5.74, 6) is -0.931. The number of halogens is 3. The largest absolute Gasteiger partial charge is 0.416 e. The molecule has 3 rings (SSSR count). The van der Waals surface area contributed by atoms with Gasteiger partial charge in [-0.2, -0.15) is 13.2 Å². The molecule has 2 aromatic rings. The molecule has 0 radical (unpaired) electrons. The lowest BCUT2D eigenvalue weighted by atomic mass is 10.1. The maximum absolute atomic E-state index is 13.3. The van der Waals surface area contributed by atoms with E-state index in [0.29, 0.717) is 18.8 Å². The predicted octanol–water partition coefficient (Wildman–Crippen LogP) is 2.70. The standard InChI is InChI=1S/C22H28F3N5O3/c1-13(2)12-30-19(26)18(20(32)28(3)21(30)33)17(31)11-27-15-10-14(22(23,24)25)6-7-16(15)29-8-4-5-9-29/h6-7,10,13,27H,4-5,8-9,11-12,26H2,1-3H3. The summed E-state index contributed by atoms with van der Waals surface area (Å²) in [6, 6.07) is 3.36. The Kier molecular flexibility index (Phi) is 6.89. The lowest BCUT2D eigenvalue weighted by molar-refractivity contribution is -0.137. The van der Waals surface area contributed by atoms with Crippen molar-refractivity contribution in [3.8, 4) is 0 Å². The maximum atomic E-state index is 13.3. The molecule has 1 aromatic heterocycles. The molecule has 1 aliphatic heterocycles. The first kappa shape index (κ1) is 24.4. The van der Waals surface area contributed by atoms with Crippen LogP contribution in [0.2, 0.25) is 0 Å². The van der Waals surface area contributed by atoms with Gasteiger partial charge in [0, 0.05) is 26.7 Å². The number of hydrogen-bond donors (Lipinski definition) is 2. The molecular formula is C22H28F3N5O3. The third-order valence-corrected chi connectivity index (χ3v) is 5.62. The van der Waals surface area contributed by atoms with Crippen molar-refractivity contribution >= 4 is 23.0 Å². The minimum atomic E-state index is -4.54. The van der Waals surface area contributed by atoms with E-state index in [1.54, 1.807) is 0 Å². The maximum Gasteiger partial charge on any atom is 0.416 e. The van der Waals surface area contributed by atoms with Crippen LogP contribution in [0, 0.1) is 5.92 Å². The summed E-state index contributed by atoms with van der Waals surface area (Å²) in [4.78, 5) is 40.0. The molecule has 0 saturated carbocycles. The van der Waals surface area contributed by atoms with Gasteiger partial charge in [0.05, 0.1) is 23.5 Å². The van der Waals surface area contributed by atoms with Gasteiger partial charge in [0.1, 0.15) is 11.4 Å². The topological polar surface area (TPSA) is 102 Å². The van der Waals surface area contributed by atoms with Gasteiger partial charge in [0.2, 0.25) is 0 Å². The van der Waals surface area contributed by atoms with Crippen LogP contribution in [-0.2, 0) is 19.8 Å². The van der Waals surface area contributed by atoms with Crippen LogP contribution in [0.5, 0.6) is 0 Å². The number of nitrogens with one attached hydrogen (secondary N) is 1. The number of hydrogen-bond acceptors (Lipinski definition) is 6. The number of carbonyl (C=O) groups is 1. The Morgan fingerprint density at radius 3 is 2.39 bits per heavy atom. The van der Waals surface area contributed by atoms with Crippen molar-refractivity contribution < 1.29 is 18.0 Å².